The number of benzene rings is 2. The van der Waals surface area contributed by atoms with E-state index in [0.717, 1.165) is 25.1 Å². The Balaban J connectivity index is 1.50. The van der Waals surface area contributed by atoms with Gasteiger partial charge in [0.25, 0.3) is 0 Å². The van der Waals surface area contributed by atoms with Crippen LogP contribution in [-0.4, -0.2) is 21.5 Å². The molecule has 0 unspecified atom stereocenters. The van der Waals surface area contributed by atoms with E-state index in [9.17, 15) is 13.2 Å². The summed E-state index contributed by atoms with van der Waals surface area (Å²) in [4.78, 5) is 15.7. The smallest absolute Gasteiger partial charge is 0.340 e. The quantitative estimate of drug-likeness (QED) is 0.483. The molecule has 1 aliphatic heterocycles. The van der Waals surface area contributed by atoms with Gasteiger partial charge in [-0.15, -0.1) is 0 Å². The Morgan fingerprint density at radius 1 is 0.903 bits per heavy atom. The van der Waals surface area contributed by atoms with Crippen LogP contribution in [0.1, 0.15) is 16.7 Å². The molecule has 8 heteroatoms. The predicted octanol–water partition coefficient (Wildman–Crippen LogP) is 5.35. The van der Waals surface area contributed by atoms with E-state index in [-0.39, 0.29) is 0 Å². The van der Waals surface area contributed by atoms with Crippen molar-refractivity contribution in [2.24, 2.45) is 0 Å². The van der Waals surface area contributed by atoms with E-state index >= 15 is 0 Å². The molecule has 0 spiro atoms. The number of hydrogen-bond donors (Lipinski definition) is 1. The monoisotopic (exact) mass is 421 g/mol. The van der Waals surface area contributed by atoms with Crippen molar-refractivity contribution in [3.63, 3.8) is 0 Å². The zero-order chi connectivity index (χ0) is 21.4. The van der Waals surface area contributed by atoms with Crippen LogP contribution in [0.5, 0.6) is 0 Å². The molecule has 0 radical (unpaired) electrons. The van der Waals surface area contributed by atoms with Crippen LogP contribution in [0.25, 0.3) is 10.9 Å². The first-order valence-corrected chi connectivity index (χ1v) is 9.85. The van der Waals surface area contributed by atoms with Crippen molar-refractivity contribution in [2.45, 2.75) is 19.1 Å². The van der Waals surface area contributed by atoms with Crippen molar-refractivity contribution >= 4 is 28.4 Å². The Morgan fingerprint density at radius 2 is 1.68 bits per heavy atom. The molecule has 1 aliphatic rings. The summed E-state index contributed by atoms with van der Waals surface area (Å²) in [7, 11) is 0. The Bertz CT molecular complexity index is 1240. The van der Waals surface area contributed by atoms with Gasteiger partial charge in [-0.3, -0.25) is 4.98 Å². The molecule has 0 bridgehead atoms. The third kappa shape index (κ3) is 3.88. The SMILES string of the molecule is FC(F)(F)c1ccc(Nc2nc(N3CCc4ccccc4C3)nc3ccncc23)cc1. The zero-order valence-electron chi connectivity index (χ0n) is 16.4. The van der Waals surface area contributed by atoms with E-state index in [0.29, 0.717) is 34.9 Å². The minimum Gasteiger partial charge on any atom is -0.340 e. The van der Waals surface area contributed by atoms with Gasteiger partial charge >= 0.3 is 6.18 Å². The second-order valence-corrected chi connectivity index (χ2v) is 7.41. The van der Waals surface area contributed by atoms with Gasteiger partial charge in [-0.2, -0.15) is 18.2 Å². The average molecular weight is 421 g/mol. The molecule has 0 fully saturated rings. The molecular formula is C23H18F3N5. The minimum absolute atomic E-state index is 0.506. The third-order valence-corrected chi connectivity index (χ3v) is 5.37. The fourth-order valence-corrected chi connectivity index (χ4v) is 3.74. The topological polar surface area (TPSA) is 53.9 Å². The van der Waals surface area contributed by atoms with Crippen LogP contribution in [0.15, 0.2) is 67.0 Å². The molecule has 156 valence electrons. The van der Waals surface area contributed by atoms with Crippen LogP contribution in [0, 0.1) is 0 Å². The van der Waals surface area contributed by atoms with Gasteiger partial charge in [0.05, 0.1) is 16.5 Å². The highest BCUT2D eigenvalue weighted by Crippen LogP contribution is 2.32. The Kier molecular flexibility index (Phi) is 4.69. The predicted molar refractivity (Wildman–Crippen MR) is 113 cm³/mol. The van der Waals surface area contributed by atoms with Gasteiger partial charge in [0.2, 0.25) is 5.95 Å². The molecule has 5 nitrogen and oxygen atoms in total. The summed E-state index contributed by atoms with van der Waals surface area (Å²) in [6, 6.07) is 15.0. The van der Waals surface area contributed by atoms with E-state index in [1.165, 1.54) is 23.3 Å². The lowest BCUT2D eigenvalue weighted by atomic mass is 10.0. The maximum Gasteiger partial charge on any atom is 0.416 e. The number of fused-ring (bicyclic) bond motifs is 2. The summed E-state index contributed by atoms with van der Waals surface area (Å²) in [5.74, 6) is 1.08. The summed E-state index contributed by atoms with van der Waals surface area (Å²) < 4.78 is 38.6. The number of aromatic nitrogens is 3. The lowest BCUT2D eigenvalue weighted by Gasteiger charge is -2.29. The van der Waals surface area contributed by atoms with Crippen LogP contribution < -0.4 is 10.2 Å². The van der Waals surface area contributed by atoms with Crippen LogP contribution in [0.4, 0.5) is 30.6 Å². The Labute approximate surface area is 176 Å². The highest BCUT2D eigenvalue weighted by molar-refractivity contribution is 5.91. The second kappa shape index (κ2) is 7.54. The van der Waals surface area contributed by atoms with Gasteiger partial charge in [-0.05, 0) is 47.9 Å². The molecule has 0 saturated carbocycles. The number of nitrogens with zero attached hydrogens (tertiary/aromatic N) is 4. The molecule has 0 aliphatic carbocycles. The number of halogens is 3. The van der Waals surface area contributed by atoms with Crippen LogP contribution >= 0.6 is 0 Å². The first-order chi connectivity index (χ1) is 15.0. The van der Waals surface area contributed by atoms with E-state index in [1.807, 2.05) is 12.1 Å². The van der Waals surface area contributed by atoms with Gasteiger partial charge in [0, 0.05) is 31.2 Å². The van der Waals surface area contributed by atoms with Crippen molar-refractivity contribution in [3.8, 4) is 0 Å². The number of hydrogen-bond acceptors (Lipinski definition) is 5. The van der Waals surface area contributed by atoms with Crippen molar-refractivity contribution < 1.29 is 13.2 Å². The number of alkyl halides is 3. The fourth-order valence-electron chi connectivity index (χ4n) is 3.74. The molecule has 5 rings (SSSR count). The lowest BCUT2D eigenvalue weighted by molar-refractivity contribution is -0.137. The number of anilines is 3. The zero-order valence-corrected chi connectivity index (χ0v) is 16.4. The molecule has 3 heterocycles. The lowest BCUT2D eigenvalue weighted by Crippen LogP contribution is -2.31. The van der Waals surface area contributed by atoms with E-state index in [4.69, 9.17) is 9.97 Å². The van der Waals surface area contributed by atoms with Gasteiger partial charge in [-0.25, -0.2) is 4.98 Å². The summed E-state index contributed by atoms with van der Waals surface area (Å²) in [6.45, 7) is 1.49. The summed E-state index contributed by atoms with van der Waals surface area (Å²) in [6.07, 6.45) is -0.166. The maximum absolute atomic E-state index is 12.9. The van der Waals surface area contributed by atoms with Crippen LogP contribution in [0.3, 0.4) is 0 Å². The summed E-state index contributed by atoms with van der Waals surface area (Å²) >= 11 is 0. The Hall–Kier alpha value is -3.68. The van der Waals surface area contributed by atoms with Crippen molar-refractivity contribution in [1.82, 2.24) is 15.0 Å². The van der Waals surface area contributed by atoms with Gasteiger partial charge in [0.15, 0.2) is 0 Å². The van der Waals surface area contributed by atoms with Gasteiger partial charge < -0.3 is 10.2 Å². The first-order valence-electron chi connectivity index (χ1n) is 9.85. The van der Waals surface area contributed by atoms with Crippen molar-refractivity contribution in [2.75, 3.05) is 16.8 Å². The standard InChI is InChI=1S/C23H18F3N5/c24-23(25,26)17-5-7-18(8-6-17)28-21-19-13-27-11-9-20(19)29-22(30-21)31-12-10-15-3-1-2-4-16(15)14-31/h1-9,11,13H,10,12,14H2,(H,28,29,30). The largest absolute Gasteiger partial charge is 0.416 e. The number of rotatable bonds is 3. The first kappa shape index (κ1) is 19.3. The Morgan fingerprint density at radius 3 is 2.45 bits per heavy atom. The van der Waals surface area contributed by atoms with Crippen molar-refractivity contribution in [1.29, 1.82) is 0 Å². The molecule has 0 saturated heterocycles. The van der Waals surface area contributed by atoms with E-state index < -0.39 is 11.7 Å². The molecule has 0 atom stereocenters. The third-order valence-electron chi connectivity index (χ3n) is 5.37. The fraction of sp³-hybridized carbons (Fsp3) is 0.174. The molecular weight excluding hydrogens is 403 g/mol. The number of pyridine rings is 1. The highest BCUT2D eigenvalue weighted by Gasteiger charge is 2.30. The molecule has 31 heavy (non-hydrogen) atoms. The molecule has 1 N–H and O–H groups in total. The summed E-state index contributed by atoms with van der Waals surface area (Å²) in [5.41, 5.74) is 3.09. The summed E-state index contributed by atoms with van der Waals surface area (Å²) in [5, 5.41) is 3.84. The van der Waals surface area contributed by atoms with E-state index in [2.05, 4.69) is 27.3 Å². The molecule has 2 aromatic carbocycles. The van der Waals surface area contributed by atoms with Gasteiger partial charge in [-0.1, -0.05) is 24.3 Å². The minimum atomic E-state index is -4.37. The van der Waals surface area contributed by atoms with Gasteiger partial charge in [0.1, 0.15) is 5.82 Å². The molecule has 4 aromatic rings. The molecule has 2 aromatic heterocycles. The average Bonchev–Trinajstić information content (AvgIpc) is 2.78. The maximum atomic E-state index is 12.9. The normalized spacial score (nSPS) is 13.8. The molecule has 0 amide bonds. The van der Waals surface area contributed by atoms with Crippen LogP contribution in [0.2, 0.25) is 0 Å². The van der Waals surface area contributed by atoms with E-state index in [1.54, 1.807) is 18.5 Å². The van der Waals surface area contributed by atoms with Crippen LogP contribution in [-0.2, 0) is 19.1 Å². The van der Waals surface area contributed by atoms with Crippen molar-refractivity contribution in [3.05, 3.63) is 83.7 Å². The number of nitrogens with one attached hydrogen (secondary N) is 1. The highest BCUT2D eigenvalue weighted by atomic mass is 19.4. The second-order valence-electron chi connectivity index (χ2n) is 7.41.